The van der Waals surface area contributed by atoms with Crippen molar-refractivity contribution in [2.75, 3.05) is 26.4 Å². The van der Waals surface area contributed by atoms with Crippen molar-refractivity contribution in [3.63, 3.8) is 0 Å². The fourth-order valence-electron chi connectivity index (χ4n) is 4.92. The van der Waals surface area contributed by atoms with Crippen molar-refractivity contribution in [3.8, 4) is 5.75 Å². The summed E-state index contributed by atoms with van der Waals surface area (Å²) in [5, 5.41) is 0.777. The number of ether oxygens (including phenoxy) is 1. The second-order valence-electron chi connectivity index (χ2n) is 10.9. The third-order valence-corrected chi connectivity index (χ3v) is 13.8. The van der Waals surface area contributed by atoms with Crippen LogP contribution in [0.15, 0.2) is 48.5 Å². The molecule has 296 valence electrons. The van der Waals surface area contributed by atoms with Crippen LogP contribution in [0.25, 0.3) is 6.08 Å². The average Bonchev–Trinajstić information content (AvgIpc) is 3.12. The number of hydrogen-bond donors (Lipinski definition) is 1. The van der Waals surface area contributed by atoms with Crippen molar-refractivity contribution in [3.05, 3.63) is 104 Å². The standard InChI is InChI=1S/C34H37Cl2F5N2O9P2/c1-5-49-53(46,50-6-2)34(54(47,51-7-3)52-8-4)43(27(44)17-16-22-28(37)30(39)32(41)31(40)29(22)38)33(45)26(42)18-20-12-14-21(15-13-20)48-19-23-24(35)10-9-11-25(23)36/h9-17,26,34H,5-8,18-19,42H2,1-4H3/t26-/m0/s1. The molecule has 1 atom stereocenters. The molecule has 0 fully saturated rings. The Bertz CT molecular complexity index is 1840. The van der Waals surface area contributed by atoms with Gasteiger partial charge in [0, 0.05) is 21.7 Å². The summed E-state index contributed by atoms with van der Waals surface area (Å²) < 4.78 is 127. The number of imide groups is 1. The lowest BCUT2D eigenvalue weighted by molar-refractivity contribution is -0.143. The maximum atomic E-state index is 14.5. The van der Waals surface area contributed by atoms with E-state index in [9.17, 15) is 40.7 Å². The van der Waals surface area contributed by atoms with Gasteiger partial charge in [-0.2, -0.15) is 0 Å². The predicted molar refractivity (Wildman–Crippen MR) is 192 cm³/mol. The SMILES string of the molecule is CCOP(=O)(OCC)C(N(C(=O)C=Cc1c(F)c(F)c(F)c(F)c1F)C(=O)[C@@H](N)Cc1ccc(OCc2c(Cl)cccc2Cl)cc1)P(=O)(OCC)OCC. The summed E-state index contributed by atoms with van der Waals surface area (Å²) >= 11 is 12.4. The molecular weight excluding hydrogens is 808 g/mol. The number of carbonyl (C=O) groups is 2. The molecule has 0 saturated heterocycles. The van der Waals surface area contributed by atoms with Crippen LogP contribution in [0.2, 0.25) is 10.0 Å². The number of nitrogens with two attached hydrogens (primary N) is 1. The molecule has 20 heteroatoms. The molecule has 0 aromatic heterocycles. The van der Waals surface area contributed by atoms with Crippen molar-refractivity contribution < 1.29 is 63.5 Å². The molecule has 0 unspecified atom stereocenters. The first-order valence-electron chi connectivity index (χ1n) is 16.2. The normalized spacial score (nSPS) is 12.8. The van der Waals surface area contributed by atoms with Gasteiger partial charge in [-0.1, -0.05) is 41.4 Å². The lowest BCUT2D eigenvalue weighted by atomic mass is 10.1. The number of carbonyl (C=O) groups excluding carboxylic acids is 2. The molecule has 3 rings (SSSR count). The third kappa shape index (κ3) is 10.6. The fraction of sp³-hybridized carbons (Fsp3) is 0.353. The summed E-state index contributed by atoms with van der Waals surface area (Å²) in [6.45, 7) is 3.96. The van der Waals surface area contributed by atoms with Crippen LogP contribution in [-0.2, 0) is 49.8 Å². The summed E-state index contributed by atoms with van der Waals surface area (Å²) in [4.78, 5) is 28.3. The molecule has 0 bridgehead atoms. The summed E-state index contributed by atoms with van der Waals surface area (Å²) in [6.07, 6.45) is 0.0980. The zero-order valence-corrected chi connectivity index (χ0v) is 32.6. The third-order valence-electron chi connectivity index (χ3n) is 7.29. The molecule has 3 aromatic carbocycles. The Morgan fingerprint density at radius 3 is 1.65 bits per heavy atom. The van der Waals surface area contributed by atoms with Gasteiger partial charge in [-0.25, -0.2) is 22.0 Å². The molecule has 2 amide bonds. The lowest BCUT2D eigenvalue weighted by Crippen LogP contribution is -2.52. The molecule has 2 N–H and O–H groups in total. The average molecular weight is 846 g/mol. The number of rotatable bonds is 19. The van der Waals surface area contributed by atoms with Gasteiger partial charge in [-0.05, 0) is 70.0 Å². The Labute approximate surface area is 318 Å². The van der Waals surface area contributed by atoms with E-state index in [2.05, 4.69) is 0 Å². The minimum Gasteiger partial charge on any atom is -0.489 e. The highest BCUT2D eigenvalue weighted by molar-refractivity contribution is 7.72. The minimum absolute atomic E-state index is 0.0201. The van der Waals surface area contributed by atoms with Crippen LogP contribution in [0.4, 0.5) is 22.0 Å². The van der Waals surface area contributed by atoms with Crippen LogP contribution >= 0.6 is 38.4 Å². The number of amides is 2. The molecule has 0 aliphatic carbocycles. The molecule has 3 aromatic rings. The Morgan fingerprint density at radius 2 is 1.20 bits per heavy atom. The van der Waals surface area contributed by atoms with Gasteiger partial charge in [0.25, 0.3) is 5.91 Å². The summed E-state index contributed by atoms with van der Waals surface area (Å²) in [7, 11) is -9.90. The monoisotopic (exact) mass is 844 g/mol. The predicted octanol–water partition coefficient (Wildman–Crippen LogP) is 9.02. The van der Waals surface area contributed by atoms with Gasteiger partial charge in [0.05, 0.1) is 38.0 Å². The maximum absolute atomic E-state index is 14.5. The van der Waals surface area contributed by atoms with E-state index in [4.69, 9.17) is 51.8 Å². The first-order chi connectivity index (χ1) is 25.5. The molecule has 0 aliphatic rings. The van der Waals surface area contributed by atoms with Crippen LogP contribution in [0.5, 0.6) is 5.75 Å². The number of benzene rings is 3. The van der Waals surface area contributed by atoms with Crippen molar-refractivity contribution >= 4 is 56.3 Å². The zero-order chi connectivity index (χ0) is 40.4. The van der Waals surface area contributed by atoms with Gasteiger partial charge >= 0.3 is 15.2 Å². The van der Waals surface area contributed by atoms with Crippen molar-refractivity contribution in [2.45, 2.75) is 52.3 Å². The first kappa shape index (κ1) is 45.2. The largest absolute Gasteiger partial charge is 0.489 e. The van der Waals surface area contributed by atoms with E-state index in [1.54, 1.807) is 18.2 Å². The van der Waals surface area contributed by atoms with E-state index in [0.29, 0.717) is 26.9 Å². The highest BCUT2D eigenvalue weighted by atomic mass is 35.5. The molecule has 0 radical (unpaired) electrons. The fourth-order valence-corrected chi connectivity index (χ4v) is 10.8. The molecule has 11 nitrogen and oxygen atoms in total. The van der Waals surface area contributed by atoms with Crippen LogP contribution in [0, 0.1) is 29.1 Å². The Kier molecular flexibility index (Phi) is 16.9. The maximum Gasteiger partial charge on any atom is 0.365 e. The zero-order valence-electron chi connectivity index (χ0n) is 29.3. The van der Waals surface area contributed by atoms with E-state index in [1.807, 2.05) is 0 Å². The van der Waals surface area contributed by atoms with E-state index >= 15 is 0 Å². The van der Waals surface area contributed by atoms with Crippen molar-refractivity contribution in [1.82, 2.24) is 4.90 Å². The van der Waals surface area contributed by atoms with Gasteiger partial charge in [0.2, 0.25) is 17.2 Å². The highest BCUT2D eigenvalue weighted by Gasteiger charge is 2.58. The quantitative estimate of drug-likeness (QED) is 0.0408. The van der Waals surface area contributed by atoms with Crippen LogP contribution in [0.3, 0.4) is 0 Å². The summed E-state index contributed by atoms with van der Waals surface area (Å²) in [6, 6.07) is 9.38. The second kappa shape index (κ2) is 20.1. The smallest absolute Gasteiger partial charge is 0.365 e. The lowest BCUT2D eigenvalue weighted by Gasteiger charge is -2.37. The van der Waals surface area contributed by atoms with Crippen LogP contribution < -0.4 is 10.5 Å². The molecular formula is C34H37Cl2F5N2O9P2. The van der Waals surface area contributed by atoms with E-state index in [1.165, 1.54) is 52.0 Å². The summed E-state index contributed by atoms with van der Waals surface area (Å²) in [5.74, 6) is -14.3. The number of nitrogens with zero attached hydrogens (tertiary/aromatic N) is 1. The molecule has 0 saturated carbocycles. The van der Waals surface area contributed by atoms with Crippen molar-refractivity contribution in [2.24, 2.45) is 5.73 Å². The van der Waals surface area contributed by atoms with Gasteiger partial charge in [0.1, 0.15) is 12.4 Å². The highest BCUT2D eigenvalue weighted by Crippen LogP contribution is 2.71. The second-order valence-corrected chi connectivity index (χ2v) is 16.3. The number of hydrogen-bond acceptors (Lipinski definition) is 10. The molecule has 0 spiro atoms. The van der Waals surface area contributed by atoms with Crippen LogP contribution in [0.1, 0.15) is 44.4 Å². The minimum atomic E-state index is -4.95. The van der Waals surface area contributed by atoms with E-state index < -0.39 is 73.2 Å². The molecule has 0 heterocycles. The van der Waals surface area contributed by atoms with Gasteiger partial charge < -0.3 is 28.6 Å². The van der Waals surface area contributed by atoms with Gasteiger partial charge in [-0.3, -0.25) is 23.6 Å². The van der Waals surface area contributed by atoms with Gasteiger partial charge in [-0.15, -0.1) is 0 Å². The Morgan fingerprint density at radius 1 is 0.759 bits per heavy atom. The molecule has 0 aliphatic heterocycles. The van der Waals surface area contributed by atoms with E-state index in [-0.39, 0.29) is 56.5 Å². The summed E-state index contributed by atoms with van der Waals surface area (Å²) in [5.41, 5.74) is 3.17. The first-order valence-corrected chi connectivity index (χ1v) is 20.2. The van der Waals surface area contributed by atoms with Gasteiger partial charge in [0.15, 0.2) is 23.3 Å². The topological polar surface area (TPSA) is 144 Å². The van der Waals surface area contributed by atoms with Crippen molar-refractivity contribution in [1.29, 1.82) is 0 Å². The van der Waals surface area contributed by atoms with Crippen LogP contribution in [-0.4, -0.2) is 54.7 Å². The Balaban J connectivity index is 2.11. The van der Waals surface area contributed by atoms with E-state index in [0.717, 1.165) is 0 Å². The molecule has 54 heavy (non-hydrogen) atoms. The Hall–Kier alpha value is -3.17. The number of halogens is 7.